The second-order valence-corrected chi connectivity index (χ2v) is 6.16. The summed E-state index contributed by atoms with van der Waals surface area (Å²) in [6.07, 6.45) is 0. The highest BCUT2D eigenvalue weighted by atomic mass is 32.1. The summed E-state index contributed by atoms with van der Waals surface area (Å²) in [7, 11) is 0. The quantitative estimate of drug-likeness (QED) is 0.526. The molecule has 132 valence electrons. The van der Waals surface area contributed by atoms with E-state index in [1.165, 1.54) is 0 Å². The van der Waals surface area contributed by atoms with Crippen molar-refractivity contribution >= 4 is 24.4 Å². The van der Waals surface area contributed by atoms with Crippen molar-refractivity contribution < 1.29 is 14.3 Å². The Labute approximate surface area is 153 Å². The Hall–Kier alpha value is -2.47. The molecule has 0 radical (unpaired) electrons. The maximum absolute atomic E-state index is 12.0. The molecular formula is C19H22N2O3S. The molecule has 2 rings (SSSR count). The van der Waals surface area contributed by atoms with E-state index >= 15 is 0 Å². The first kappa shape index (κ1) is 18.9. The smallest absolute Gasteiger partial charge is 0.258 e. The number of hydrogen-bond acceptors (Lipinski definition) is 4. The number of ether oxygens (including phenoxy) is 1. The Bertz CT molecular complexity index is 762. The van der Waals surface area contributed by atoms with Crippen molar-refractivity contribution in [2.75, 3.05) is 19.7 Å². The van der Waals surface area contributed by atoms with Gasteiger partial charge in [-0.3, -0.25) is 9.59 Å². The van der Waals surface area contributed by atoms with Gasteiger partial charge in [0.2, 0.25) is 0 Å². The van der Waals surface area contributed by atoms with Gasteiger partial charge < -0.3 is 15.4 Å². The van der Waals surface area contributed by atoms with E-state index in [1.54, 1.807) is 18.2 Å². The molecule has 0 aliphatic carbocycles. The Kier molecular flexibility index (Phi) is 6.89. The number of nitrogens with one attached hydrogen (secondary N) is 2. The van der Waals surface area contributed by atoms with Crippen LogP contribution in [0.15, 0.2) is 47.4 Å². The third-order valence-electron chi connectivity index (χ3n) is 3.57. The zero-order chi connectivity index (χ0) is 18.2. The van der Waals surface area contributed by atoms with E-state index in [0.29, 0.717) is 29.3 Å². The second kappa shape index (κ2) is 9.13. The van der Waals surface area contributed by atoms with Crippen LogP contribution in [0, 0.1) is 13.8 Å². The molecular weight excluding hydrogens is 336 g/mol. The molecule has 25 heavy (non-hydrogen) atoms. The van der Waals surface area contributed by atoms with Gasteiger partial charge in [-0.15, -0.1) is 12.6 Å². The normalized spacial score (nSPS) is 10.2. The zero-order valence-corrected chi connectivity index (χ0v) is 15.2. The van der Waals surface area contributed by atoms with Crippen molar-refractivity contribution in [1.29, 1.82) is 0 Å². The number of benzene rings is 2. The van der Waals surface area contributed by atoms with Gasteiger partial charge in [-0.05, 0) is 37.6 Å². The van der Waals surface area contributed by atoms with Crippen LogP contribution in [0.3, 0.4) is 0 Å². The third-order valence-corrected chi connectivity index (χ3v) is 3.96. The topological polar surface area (TPSA) is 67.4 Å². The first-order valence-electron chi connectivity index (χ1n) is 8.00. The van der Waals surface area contributed by atoms with Crippen LogP contribution in [0.25, 0.3) is 0 Å². The van der Waals surface area contributed by atoms with E-state index in [1.807, 2.05) is 38.1 Å². The van der Waals surface area contributed by atoms with Gasteiger partial charge >= 0.3 is 0 Å². The van der Waals surface area contributed by atoms with Gasteiger partial charge in [-0.2, -0.15) is 0 Å². The highest BCUT2D eigenvalue weighted by Gasteiger charge is 2.08. The van der Waals surface area contributed by atoms with Crippen LogP contribution in [0.4, 0.5) is 0 Å². The van der Waals surface area contributed by atoms with Crippen molar-refractivity contribution in [2.24, 2.45) is 0 Å². The largest absolute Gasteiger partial charge is 0.484 e. The fourth-order valence-electron chi connectivity index (χ4n) is 2.29. The van der Waals surface area contributed by atoms with Crippen molar-refractivity contribution in [1.82, 2.24) is 10.6 Å². The number of hydrogen-bond donors (Lipinski definition) is 3. The van der Waals surface area contributed by atoms with Crippen LogP contribution in [0.5, 0.6) is 5.75 Å². The molecule has 0 bridgehead atoms. The Balaban J connectivity index is 1.68. The number of thiol groups is 1. The van der Waals surface area contributed by atoms with Crippen molar-refractivity contribution in [3.63, 3.8) is 0 Å². The number of amides is 2. The van der Waals surface area contributed by atoms with Gasteiger partial charge in [0, 0.05) is 18.0 Å². The minimum absolute atomic E-state index is 0.0582. The molecule has 0 aliphatic rings. The molecule has 0 saturated heterocycles. The molecule has 0 aromatic heterocycles. The van der Waals surface area contributed by atoms with E-state index in [-0.39, 0.29) is 18.4 Å². The van der Waals surface area contributed by atoms with Crippen LogP contribution >= 0.6 is 12.6 Å². The molecule has 5 nitrogen and oxygen atoms in total. The van der Waals surface area contributed by atoms with Gasteiger partial charge in [0.15, 0.2) is 6.61 Å². The summed E-state index contributed by atoms with van der Waals surface area (Å²) < 4.78 is 5.51. The lowest BCUT2D eigenvalue weighted by Gasteiger charge is -2.11. The summed E-state index contributed by atoms with van der Waals surface area (Å²) in [5.41, 5.74) is 2.65. The molecule has 6 heteroatoms. The number of rotatable bonds is 7. The monoisotopic (exact) mass is 358 g/mol. The maximum atomic E-state index is 12.0. The van der Waals surface area contributed by atoms with E-state index in [9.17, 15) is 9.59 Å². The molecule has 0 saturated carbocycles. The lowest BCUT2D eigenvalue weighted by atomic mass is 10.1. The van der Waals surface area contributed by atoms with Crippen molar-refractivity contribution in [3.05, 3.63) is 59.2 Å². The Morgan fingerprint density at radius 3 is 2.48 bits per heavy atom. The highest BCUT2D eigenvalue weighted by Crippen LogP contribution is 2.18. The molecule has 2 amide bonds. The van der Waals surface area contributed by atoms with Gasteiger partial charge in [0.25, 0.3) is 11.8 Å². The van der Waals surface area contributed by atoms with Crippen molar-refractivity contribution in [2.45, 2.75) is 18.7 Å². The average Bonchev–Trinajstić information content (AvgIpc) is 2.58. The second-order valence-electron chi connectivity index (χ2n) is 5.68. The van der Waals surface area contributed by atoms with E-state index in [0.717, 1.165) is 11.1 Å². The lowest BCUT2D eigenvalue weighted by molar-refractivity contribution is -0.123. The van der Waals surface area contributed by atoms with Crippen LogP contribution < -0.4 is 15.4 Å². The summed E-state index contributed by atoms with van der Waals surface area (Å²) in [5, 5.41) is 5.45. The number of aryl methyl sites for hydroxylation is 2. The summed E-state index contributed by atoms with van der Waals surface area (Å²) in [5.74, 6) is 0.245. The predicted octanol–water partition coefficient (Wildman–Crippen LogP) is 2.52. The fraction of sp³-hybridized carbons (Fsp3) is 0.263. The maximum Gasteiger partial charge on any atom is 0.258 e. The average molecular weight is 358 g/mol. The SMILES string of the molecule is Cc1ccc(OCC(=O)NCCNC(=O)c2ccccc2S)c(C)c1. The molecule has 0 fully saturated rings. The molecule has 0 aliphatic heterocycles. The van der Waals surface area contributed by atoms with E-state index in [4.69, 9.17) is 4.74 Å². The van der Waals surface area contributed by atoms with E-state index in [2.05, 4.69) is 23.3 Å². The molecule has 0 spiro atoms. The van der Waals surface area contributed by atoms with Gasteiger partial charge in [-0.1, -0.05) is 29.8 Å². The molecule has 2 aromatic carbocycles. The summed E-state index contributed by atoms with van der Waals surface area (Å²) in [6, 6.07) is 12.8. The van der Waals surface area contributed by atoms with Crippen LogP contribution in [-0.4, -0.2) is 31.5 Å². The minimum Gasteiger partial charge on any atom is -0.484 e. The van der Waals surface area contributed by atoms with Crippen LogP contribution in [0.1, 0.15) is 21.5 Å². The Morgan fingerprint density at radius 1 is 1.04 bits per heavy atom. The number of carbonyl (C=O) groups excluding carboxylic acids is 2. The third kappa shape index (κ3) is 5.83. The van der Waals surface area contributed by atoms with E-state index < -0.39 is 0 Å². The van der Waals surface area contributed by atoms with Crippen molar-refractivity contribution in [3.8, 4) is 5.75 Å². The Morgan fingerprint density at radius 2 is 1.76 bits per heavy atom. The summed E-state index contributed by atoms with van der Waals surface area (Å²) in [4.78, 5) is 24.4. The van der Waals surface area contributed by atoms with Gasteiger partial charge in [0.05, 0.1) is 5.56 Å². The number of carbonyl (C=O) groups is 2. The molecule has 2 aromatic rings. The predicted molar refractivity (Wildman–Crippen MR) is 100 cm³/mol. The molecule has 0 atom stereocenters. The van der Waals surface area contributed by atoms with Gasteiger partial charge in [0.1, 0.15) is 5.75 Å². The fourth-order valence-corrected chi connectivity index (χ4v) is 2.56. The van der Waals surface area contributed by atoms with Crippen LogP contribution in [-0.2, 0) is 4.79 Å². The molecule has 2 N–H and O–H groups in total. The standard InChI is InChI=1S/C19H22N2O3S/c1-13-7-8-16(14(2)11-13)24-12-18(22)20-9-10-21-19(23)15-5-3-4-6-17(15)25/h3-8,11,25H,9-10,12H2,1-2H3,(H,20,22)(H,21,23). The van der Waals surface area contributed by atoms with Crippen LogP contribution in [0.2, 0.25) is 0 Å². The lowest BCUT2D eigenvalue weighted by Crippen LogP contribution is -2.36. The first-order chi connectivity index (χ1) is 12.0. The van der Waals surface area contributed by atoms with Gasteiger partial charge in [-0.25, -0.2) is 0 Å². The minimum atomic E-state index is -0.233. The molecule has 0 heterocycles. The zero-order valence-electron chi connectivity index (χ0n) is 14.3. The summed E-state index contributed by atoms with van der Waals surface area (Å²) in [6.45, 7) is 4.54. The first-order valence-corrected chi connectivity index (χ1v) is 8.45. The highest BCUT2D eigenvalue weighted by molar-refractivity contribution is 7.80. The summed E-state index contributed by atoms with van der Waals surface area (Å²) >= 11 is 4.24. The molecule has 0 unspecified atom stereocenters.